The second kappa shape index (κ2) is 5.65. The second-order valence-electron chi connectivity index (χ2n) is 2.66. The van der Waals surface area contributed by atoms with E-state index in [9.17, 15) is 18.3 Å². The number of ether oxygens (including phenoxy) is 1. The fourth-order valence-corrected chi connectivity index (χ4v) is 1.50. The molecule has 0 atom stereocenters. The molecule has 6 nitrogen and oxygen atoms in total. The van der Waals surface area contributed by atoms with E-state index in [-0.39, 0.29) is 40.9 Å². The summed E-state index contributed by atoms with van der Waals surface area (Å²) in [7, 11) is -3.22. The largest absolute Gasteiger partial charge is 1.00 e. The molecule has 0 saturated heterocycles. The first kappa shape index (κ1) is 15.4. The third-order valence-electron chi connectivity index (χ3n) is 1.65. The van der Waals surface area contributed by atoms with E-state index >= 15 is 0 Å². The van der Waals surface area contributed by atoms with Gasteiger partial charge < -0.3 is 14.6 Å². The second-order valence-corrected chi connectivity index (χ2v) is 4.08. The summed E-state index contributed by atoms with van der Waals surface area (Å²) >= 11 is 0. The SMILES string of the molecule is COc1cc(C(=O)[O-])cc(S(=O)(=O)O)c1.[Na+]. The minimum Gasteiger partial charge on any atom is -0.545 e. The molecule has 82 valence electrons. The third kappa shape index (κ3) is 3.76. The normalized spacial score (nSPS) is 10.4. The molecule has 0 heterocycles. The average Bonchev–Trinajstić information content (AvgIpc) is 2.15. The Labute approximate surface area is 114 Å². The molecule has 0 aromatic heterocycles. The zero-order chi connectivity index (χ0) is 11.6. The quantitative estimate of drug-likeness (QED) is 0.440. The summed E-state index contributed by atoms with van der Waals surface area (Å²) in [5.41, 5.74) is -0.387. The van der Waals surface area contributed by atoms with Gasteiger partial charge in [0.25, 0.3) is 10.1 Å². The van der Waals surface area contributed by atoms with Crippen LogP contribution in [0.2, 0.25) is 0 Å². The molecule has 0 spiro atoms. The number of carboxylic acids is 1. The number of carbonyl (C=O) groups excluding carboxylic acids is 1. The first-order valence-corrected chi connectivity index (χ1v) is 5.16. The summed E-state index contributed by atoms with van der Waals surface area (Å²) in [6.07, 6.45) is 0. The minimum absolute atomic E-state index is 0. The van der Waals surface area contributed by atoms with Crippen molar-refractivity contribution in [2.45, 2.75) is 4.90 Å². The Balaban J connectivity index is 0.00000225. The molecule has 0 bridgehead atoms. The smallest absolute Gasteiger partial charge is 0.545 e. The Morgan fingerprint density at radius 3 is 2.31 bits per heavy atom. The van der Waals surface area contributed by atoms with Gasteiger partial charge in [-0.05, 0) is 12.1 Å². The first-order chi connectivity index (χ1) is 6.84. The van der Waals surface area contributed by atoms with Gasteiger partial charge in [0.15, 0.2) is 0 Å². The van der Waals surface area contributed by atoms with E-state index in [1.807, 2.05) is 0 Å². The van der Waals surface area contributed by atoms with Gasteiger partial charge >= 0.3 is 29.6 Å². The van der Waals surface area contributed by atoms with Crippen molar-refractivity contribution < 1.29 is 57.2 Å². The maximum absolute atomic E-state index is 10.8. The van der Waals surface area contributed by atoms with Crippen LogP contribution in [0.1, 0.15) is 10.4 Å². The number of aromatic carboxylic acids is 1. The summed E-state index contributed by atoms with van der Waals surface area (Å²) in [4.78, 5) is 9.95. The molecule has 0 saturated carbocycles. The summed E-state index contributed by atoms with van der Waals surface area (Å²) in [6.45, 7) is 0. The number of hydrogen-bond donors (Lipinski definition) is 1. The standard InChI is InChI=1S/C8H8O6S.Na/c1-14-6-2-5(8(9)10)3-7(4-6)15(11,12)13;/h2-4H,1H3,(H,9,10)(H,11,12,13);/q;+1/p-1. The molecular formula is C8H7NaO6S. The van der Waals surface area contributed by atoms with Gasteiger partial charge in [-0.1, -0.05) is 0 Å². The van der Waals surface area contributed by atoms with Crippen molar-refractivity contribution in [3.8, 4) is 5.75 Å². The van der Waals surface area contributed by atoms with Crippen molar-refractivity contribution >= 4 is 16.1 Å². The fourth-order valence-electron chi connectivity index (χ4n) is 0.956. The number of hydrogen-bond acceptors (Lipinski definition) is 5. The third-order valence-corrected chi connectivity index (χ3v) is 2.48. The van der Waals surface area contributed by atoms with Crippen molar-refractivity contribution in [3.63, 3.8) is 0 Å². The van der Waals surface area contributed by atoms with E-state index in [1.54, 1.807) is 0 Å². The monoisotopic (exact) mass is 254 g/mol. The molecule has 0 amide bonds. The Kier molecular flexibility index (Phi) is 5.43. The first-order valence-electron chi connectivity index (χ1n) is 3.72. The van der Waals surface area contributed by atoms with E-state index in [0.717, 1.165) is 18.2 Å². The van der Waals surface area contributed by atoms with Gasteiger partial charge in [-0.2, -0.15) is 8.42 Å². The van der Waals surface area contributed by atoms with Crippen molar-refractivity contribution in [1.29, 1.82) is 0 Å². The molecule has 8 heteroatoms. The zero-order valence-electron chi connectivity index (χ0n) is 8.63. The summed E-state index contributed by atoms with van der Waals surface area (Å²) in [6, 6.07) is 2.87. The van der Waals surface area contributed by atoms with Crippen LogP contribution < -0.4 is 39.4 Å². The van der Waals surface area contributed by atoms with Crippen LogP contribution in [0, 0.1) is 0 Å². The van der Waals surface area contributed by atoms with Crippen LogP contribution in [0.25, 0.3) is 0 Å². The predicted molar refractivity (Wildman–Crippen MR) is 47.1 cm³/mol. The van der Waals surface area contributed by atoms with E-state index in [4.69, 9.17) is 4.55 Å². The molecule has 1 N–H and O–H groups in total. The van der Waals surface area contributed by atoms with Crippen LogP contribution in [-0.4, -0.2) is 26.0 Å². The Morgan fingerprint density at radius 1 is 1.38 bits per heavy atom. The molecular weight excluding hydrogens is 247 g/mol. The topological polar surface area (TPSA) is 104 Å². The Morgan fingerprint density at radius 2 is 1.94 bits per heavy atom. The van der Waals surface area contributed by atoms with Gasteiger partial charge in [0, 0.05) is 11.6 Å². The van der Waals surface area contributed by atoms with E-state index in [2.05, 4.69) is 4.74 Å². The van der Waals surface area contributed by atoms with Crippen molar-refractivity contribution in [3.05, 3.63) is 23.8 Å². The number of carboxylic acid groups (broad SMARTS) is 1. The number of methoxy groups -OCH3 is 1. The maximum atomic E-state index is 10.8. The van der Waals surface area contributed by atoms with Gasteiger partial charge in [-0.15, -0.1) is 0 Å². The molecule has 0 fully saturated rings. The molecule has 0 aliphatic rings. The Bertz CT molecular complexity index is 495. The molecule has 1 aromatic rings. The van der Waals surface area contributed by atoms with E-state index in [1.165, 1.54) is 7.11 Å². The molecule has 1 aromatic carbocycles. The molecule has 0 unspecified atom stereocenters. The zero-order valence-corrected chi connectivity index (χ0v) is 11.4. The van der Waals surface area contributed by atoms with Crippen molar-refractivity contribution in [1.82, 2.24) is 0 Å². The van der Waals surface area contributed by atoms with Crippen LogP contribution in [0.3, 0.4) is 0 Å². The van der Waals surface area contributed by atoms with Gasteiger partial charge in [0.1, 0.15) is 5.75 Å². The van der Waals surface area contributed by atoms with Gasteiger partial charge in [-0.3, -0.25) is 4.55 Å². The van der Waals surface area contributed by atoms with Crippen LogP contribution in [-0.2, 0) is 10.1 Å². The van der Waals surface area contributed by atoms with Crippen LogP contribution >= 0.6 is 0 Å². The molecule has 16 heavy (non-hydrogen) atoms. The predicted octanol–water partition coefficient (Wildman–Crippen LogP) is -3.69. The average molecular weight is 254 g/mol. The van der Waals surface area contributed by atoms with Crippen LogP contribution in [0.15, 0.2) is 23.1 Å². The molecule has 0 aliphatic carbocycles. The number of carbonyl (C=O) groups is 1. The van der Waals surface area contributed by atoms with Gasteiger partial charge in [-0.25, -0.2) is 0 Å². The van der Waals surface area contributed by atoms with Gasteiger partial charge in [0.2, 0.25) is 0 Å². The maximum Gasteiger partial charge on any atom is 1.00 e. The van der Waals surface area contributed by atoms with Crippen molar-refractivity contribution in [2.24, 2.45) is 0 Å². The van der Waals surface area contributed by atoms with Crippen LogP contribution in [0.4, 0.5) is 0 Å². The van der Waals surface area contributed by atoms with E-state index in [0.29, 0.717) is 0 Å². The Hall–Kier alpha value is -0.600. The molecule has 1 rings (SSSR count). The van der Waals surface area contributed by atoms with E-state index < -0.39 is 21.0 Å². The molecule has 0 aliphatic heterocycles. The summed E-state index contributed by atoms with van der Waals surface area (Å²) < 4.78 is 34.9. The number of rotatable bonds is 3. The van der Waals surface area contributed by atoms with Gasteiger partial charge in [0.05, 0.1) is 18.0 Å². The fraction of sp³-hybridized carbons (Fsp3) is 0.125. The van der Waals surface area contributed by atoms with Crippen LogP contribution in [0.5, 0.6) is 5.75 Å². The van der Waals surface area contributed by atoms with Crippen molar-refractivity contribution in [2.75, 3.05) is 7.11 Å². The molecule has 0 radical (unpaired) electrons. The summed E-state index contributed by atoms with van der Waals surface area (Å²) in [5.74, 6) is -1.55. The number of benzene rings is 1. The summed E-state index contributed by atoms with van der Waals surface area (Å²) in [5, 5.41) is 10.5. The minimum atomic E-state index is -4.46.